The lowest BCUT2D eigenvalue weighted by molar-refractivity contribution is 0.374. The van der Waals surface area contributed by atoms with E-state index in [0.29, 0.717) is 28.6 Å². The highest BCUT2D eigenvalue weighted by atomic mass is 32.2. The van der Waals surface area contributed by atoms with Crippen molar-refractivity contribution in [2.45, 2.75) is 0 Å². The second-order valence-electron chi connectivity index (χ2n) is 5.35. The average molecular weight is 394 g/mol. The van der Waals surface area contributed by atoms with Crippen molar-refractivity contribution in [3.63, 3.8) is 0 Å². The van der Waals surface area contributed by atoms with Crippen LogP contribution in [0.3, 0.4) is 0 Å². The van der Waals surface area contributed by atoms with E-state index in [1.807, 2.05) is 0 Å². The van der Waals surface area contributed by atoms with Gasteiger partial charge in [0.05, 0.1) is 50.8 Å². The summed E-state index contributed by atoms with van der Waals surface area (Å²) in [5.41, 5.74) is 6.79. The van der Waals surface area contributed by atoms with Gasteiger partial charge in [-0.1, -0.05) is 0 Å². The van der Waals surface area contributed by atoms with Crippen LogP contribution in [0.2, 0.25) is 0 Å². The van der Waals surface area contributed by atoms with Crippen LogP contribution in [0.5, 0.6) is 23.0 Å². The van der Waals surface area contributed by atoms with Crippen LogP contribution in [0.15, 0.2) is 35.7 Å². The van der Waals surface area contributed by atoms with Gasteiger partial charge in [0.15, 0.2) is 0 Å². The molecule has 2 aromatic rings. The number of sulfonamides is 1. The predicted molar refractivity (Wildman–Crippen MR) is 105 cm³/mol. The van der Waals surface area contributed by atoms with E-state index < -0.39 is 10.0 Å². The molecule has 0 aliphatic rings. The highest BCUT2D eigenvalue weighted by Crippen LogP contribution is 2.35. The van der Waals surface area contributed by atoms with Crippen LogP contribution >= 0.6 is 0 Å². The number of benzene rings is 2. The molecular weight excluding hydrogens is 372 g/mol. The minimum Gasteiger partial charge on any atom is -0.497 e. The molecule has 27 heavy (non-hydrogen) atoms. The summed E-state index contributed by atoms with van der Waals surface area (Å²) in [6.45, 7) is 0. The Hall–Kier alpha value is -3.07. The SMILES string of the molecule is COc1ccc(NS(=O)(=O)C=Cc2c(OC)cc(OC)cc2OC)c(N)c1. The van der Waals surface area contributed by atoms with E-state index in [9.17, 15) is 8.42 Å². The van der Waals surface area contributed by atoms with Gasteiger partial charge in [-0.25, -0.2) is 8.42 Å². The summed E-state index contributed by atoms with van der Waals surface area (Å²) < 4.78 is 48.0. The number of nitrogens with two attached hydrogens (primary N) is 1. The molecule has 0 aliphatic heterocycles. The van der Waals surface area contributed by atoms with Crippen LogP contribution < -0.4 is 29.4 Å². The van der Waals surface area contributed by atoms with Gasteiger partial charge in [-0.15, -0.1) is 0 Å². The van der Waals surface area contributed by atoms with Gasteiger partial charge in [0.25, 0.3) is 10.0 Å². The van der Waals surface area contributed by atoms with E-state index in [1.54, 1.807) is 18.2 Å². The normalized spacial score (nSPS) is 11.3. The molecule has 0 saturated heterocycles. The van der Waals surface area contributed by atoms with Gasteiger partial charge in [-0.3, -0.25) is 4.72 Å². The van der Waals surface area contributed by atoms with Crippen LogP contribution in [0, 0.1) is 0 Å². The monoisotopic (exact) mass is 394 g/mol. The minimum absolute atomic E-state index is 0.242. The van der Waals surface area contributed by atoms with E-state index in [4.69, 9.17) is 24.7 Å². The molecule has 0 aliphatic carbocycles. The van der Waals surface area contributed by atoms with Crippen molar-refractivity contribution >= 4 is 27.5 Å². The van der Waals surface area contributed by atoms with Gasteiger partial charge in [0.1, 0.15) is 23.0 Å². The van der Waals surface area contributed by atoms with Gasteiger partial charge in [-0.2, -0.15) is 0 Å². The van der Waals surface area contributed by atoms with E-state index >= 15 is 0 Å². The lowest BCUT2D eigenvalue weighted by Crippen LogP contribution is -2.10. The molecule has 0 atom stereocenters. The fraction of sp³-hybridized carbons (Fsp3) is 0.222. The van der Waals surface area contributed by atoms with Crippen molar-refractivity contribution in [2.24, 2.45) is 0 Å². The van der Waals surface area contributed by atoms with Crippen LogP contribution in [0.25, 0.3) is 6.08 Å². The summed E-state index contributed by atoms with van der Waals surface area (Å²) in [5, 5.41) is 1.00. The second-order valence-corrected chi connectivity index (χ2v) is 6.91. The first-order valence-corrected chi connectivity index (χ1v) is 9.32. The Bertz CT molecular complexity index is 916. The first kappa shape index (κ1) is 20.2. The van der Waals surface area contributed by atoms with E-state index in [1.165, 1.54) is 46.6 Å². The largest absolute Gasteiger partial charge is 0.497 e. The minimum atomic E-state index is -3.83. The maximum absolute atomic E-state index is 12.4. The van der Waals surface area contributed by atoms with E-state index in [0.717, 1.165) is 5.41 Å². The number of anilines is 2. The molecule has 2 rings (SSSR count). The smallest absolute Gasteiger partial charge is 0.255 e. The lowest BCUT2D eigenvalue weighted by Gasteiger charge is -2.13. The third kappa shape index (κ3) is 4.98. The van der Waals surface area contributed by atoms with Gasteiger partial charge in [-0.05, 0) is 18.2 Å². The fourth-order valence-corrected chi connectivity index (χ4v) is 3.18. The van der Waals surface area contributed by atoms with Crippen LogP contribution in [0.4, 0.5) is 11.4 Å². The Labute approximate surface area is 158 Å². The van der Waals surface area contributed by atoms with Crippen LogP contribution in [0.1, 0.15) is 5.56 Å². The van der Waals surface area contributed by atoms with Crippen LogP contribution in [-0.4, -0.2) is 36.9 Å². The summed E-state index contributed by atoms with van der Waals surface area (Å²) in [6, 6.07) is 7.91. The first-order chi connectivity index (χ1) is 12.8. The summed E-state index contributed by atoms with van der Waals surface area (Å²) in [4.78, 5) is 0. The zero-order valence-electron chi connectivity index (χ0n) is 15.5. The summed E-state index contributed by atoms with van der Waals surface area (Å²) >= 11 is 0. The number of ether oxygens (including phenoxy) is 4. The third-order valence-electron chi connectivity index (χ3n) is 3.68. The molecule has 0 fully saturated rings. The van der Waals surface area contributed by atoms with Crippen molar-refractivity contribution in [3.05, 3.63) is 41.3 Å². The van der Waals surface area contributed by atoms with Crippen molar-refractivity contribution in [1.29, 1.82) is 0 Å². The quantitative estimate of drug-likeness (QED) is 0.663. The Morgan fingerprint density at radius 3 is 1.96 bits per heavy atom. The number of hydrogen-bond donors (Lipinski definition) is 2. The zero-order valence-corrected chi connectivity index (χ0v) is 16.3. The Morgan fingerprint density at radius 1 is 0.889 bits per heavy atom. The lowest BCUT2D eigenvalue weighted by atomic mass is 10.1. The standard InChI is InChI=1S/C18H22N2O6S/c1-23-12-5-6-16(15(19)9-12)20-27(21,22)8-7-14-17(25-3)10-13(24-2)11-18(14)26-4/h5-11,20H,19H2,1-4H3. The Kier molecular flexibility index (Phi) is 6.40. The molecule has 0 spiro atoms. The van der Waals surface area contributed by atoms with E-state index in [-0.39, 0.29) is 11.4 Å². The van der Waals surface area contributed by atoms with Crippen LogP contribution in [-0.2, 0) is 10.0 Å². The molecule has 0 aromatic heterocycles. The van der Waals surface area contributed by atoms with Crippen molar-refractivity contribution in [2.75, 3.05) is 38.9 Å². The summed E-state index contributed by atoms with van der Waals surface area (Å²) in [6.07, 6.45) is 1.37. The number of hydrogen-bond acceptors (Lipinski definition) is 7. The predicted octanol–water partition coefficient (Wildman–Crippen LogP) is 2.72. The molecule has 0 radical (unpaired) electrons. The first-order valence-electron chi connectivity index (χ1n) is 7.78. The number of nitrogen functional groups attached to an aromatic ring is 1. The Balaban J connectivity index is 2.33. The average Bonchev–Trinajstić information content (AvgIpc) is 2.66. The number of nitrogens with one attached hydrogen (secondary N) is 1. The maximum Gasteiger partial charge on any atom is 0.255 e. The molecule has 9 heteroatoms. The molecule has 0 bridgehead atoms. The highest BCUT2D eigenvalue weighted by molar-refractivity contribution is 7.95. The fourth-order valence-electron chi connectivity index (χ4n) is 2.30. The van der Waals surface area contributed by atoms with Gasteiger partial charge in [0.2, 0.25) is 0 Å². The Morgan fingerprint density at radius 2 is 1.48 bits per heavy atom. The molecule has 2 aromatic carbocycles. The van der Waals surface area contributed by atoms with E-state index in [2.05, 4.69) is 4.72 Å². The highest BCUT2D eigenvalue weighted by Gasteiger charge is 2.14. The molecule has 146 valence electrons. The summed E-state index contributed by atoms with van der Waals surface area (Å²) in [5.74, 6) is 1.86. The molecule has 3 N–H and O–H groups in total. The third-order valence-corrected chi connectivity index (χ3v) is 4.68. The molecule has 0 heterocycles. The zero-order chi connectivity index (χ0) is 20.0. The maximum atomic E-state index is 12.4. The molecule has 8 nitrogen and oxygen atoms in total. The van der Waals surface area contributed by atoms with Gasteiger partial charge >= 0.3 is 0 Å². The van der Waals surface area contributed by atoms with Crippen molar-refractivity contribution < 1.29 is 27.4 Å². The number of methoxy groups -OCH3 is 4. The van der Waals surface area contributed by atoms with Gasteiger partial charge < -0.3 is 24.7 Å². The summed E-state index contributed by atoms with van der Waals surface area (Å²) in [7, 11) is 2.11. The second kappa shape index (κ2) is 8.54. The van der Waals surface area contributed by atoms with Gasteiger partial charge in [0, 0.05) is 18.2 Å². The topological polar surface area (TPSA) is 109 Å². The van der Waals surface area contributed by atoms with Crippen molar-refractivity contribution in [3.8, 4) is 23.0 Å². The molecule has 0 unspecified atom stereocenters. The molecule has 0 saturated carbocycles. The number of rotatable bonds is 8. The molecular formula is C18H22N2O6S. The van der Waals surface area contributed by atoms with Crippen molar-refractivity contribution in [1.82, 2.24) is 0 Å². The molecule has 0 amide bonds.